The van der Waals surface area contributed by atoms with Crippen LogP contribution in [-0.4, -0.2) is 25.3 Å². The van der Waals surface area contributed by atoms with Crippen molar-refractivity contribution in [2.75, 3.05) is 13.2 Å². The van der Waals surface area contributed by atoms with Gasteiger partial charge in [0.25, 0.3) is 0 Å². The van der Waals surface area contributed by atoms with Gasteiger partial charge < -0.3 is 10.1 Å². The molecular weight excluding hydrogens is 218 g/mol. The Morgan fingerprint density at radius 2 is 2.24 bits per heavy atom. The summed E-state index contributed by atoms with van der Waals surface area (Å²) in [5.74, 6) is 0.908. The van der Waals surface area contributed by atoms with Crippen LogP contribution in [0.25, 0.3) is 0 Å². The lowest BCUT2D eigenvalue weighted by Gasteiger charge is -2.22. The standard InChI is InChI=1S/C13H15NO3/c15-8-11-3-1-2-4-12(11)17-9-10-5-6-14-13(16)7-10/h1-4,8,10H,5-7,9H2,(H,14,16). The van der Waals surface area contributed by atoms with Gasteiger partial charge in [-0.15, -0.1) is 0 Å². The average Bonchev–Trinajstić information content (AvgIpc) is 2.37. The molecule has 1 fully saturated rings. The van der Waals surface area contributed by atoms with Gasteiger partial charge in [-0.25, -0.2) is 0 Å². The summed E-state index contributed by atoms with van der Waals surface area (Å²) in [7, 11) is 0. The van der Waals surface area contributed by atoms with Crippen LogP contribution in [0.15, 0.2) is 24.3 Å². The maximum atomic E-state index is 11.2. The molecule has 2 rings (SSSR count). The summed E-state index contributed by atoms with van der Waals surface area (Å²) in [5.41, 5.74) is 0.549. The van der Waals surface area contributed by atoms with Gasteiger partial charge in [0.2, 0.25) is 5.91 Å². The van der Waals surface area contributed by atoms with Crippen molar-refractivity contribution in [3.05, 3.63) is 29.8 Å². The summed E-state index contributed by atoms with van der Waals surface area (Å²) < 4.78 is 5.60. The zero-order valence-corrected chi connectivity index (χ0v) is 9.52. The number of ether oxygens (including phenoxy) is 1. The monoisotopic (exact) mass is 233 g/mol. The number of piperidine rings is 1. The lowest BCUT2D eigenvalue weighted by atomic mass is 9.99. The molecule has 0 radical (unpaired) electrons. The van der Waals surface area contributed by atoms with E-state index in [-0.39, 0.29) is 11.8 Å². The lowest BCUT2D eigenvalue weighted by molar-refractivity contribution is -0.123. The van der Waals surface area contributed by atoms with E-state index in [9.17, 15) is 9.59 Å². The van der Waals surface area contributed by atoms with Crippen LogP contribution >= 0.6 is 0 Å². The molecular formula is C13H15NO3. The number of hydrogen-bond donors (Lipinski definition) is 1. The molecule has 0 saturated carbocycles. The Bertz CT molecular complexity index is 417. The van der Waals surface area contributed by atoms with E-state index >= 15 is 0 Å². The molecule has 0 aromatic heterocycles. The molecule has 1 saturated heterocycles. The van der Waals surface area contributed by atoms with Crippen LogP contribution in [0.1, 0.15) is 23.2 Å². The van der Waals surface area contributed by atoms with Crippen LogP contribution in [-0.2, 0) is 4.79 Å². The molecule has 0 aliphatic carbocycles. The van der Waals surface area contributed by atoms with Gasteiger partial charge in [-0.2, -0.15) is 0 Å². The summed E-state index contributed by atoms with van der Waals surface area (Å²) in [4.78, 5) is 22.0. The molecule has 1 unspecified atom stereocenters. The SMILES string of the molecule is O=Cc1ccccc1OCC1CCNC(=O)C1. The van der Waals surface area contributed by atoms with Gasteiger partial charge in [0.15, 0.2) is 6.29 Å². The number of aldehydes is 1. The first-order valence-electron chi connectivity index (χ1n) is 5.73. The van der Waals surface area contributed by atoms with Crippen molar-refractivity contribution in [1.82, 2.24) is 5.32 Å². The molecule has 4 heteroatoms. The Labute approximate surface area is 100.0 Å². The minimum absolute atomic E-state index is 0.0773. The van der Waals surface area contributed by atoms with Gasteiger partial charge in [0.1, 0.15) is 5.75 Å². The largest absolute Gasteiger partial charge is 0.493 e. The Balaban J connectivity index is 1.92. The van der Waals surface area contributed by atoms with Gasteiger partial charge in [-0.05, 0) is 18.6 Å². The number of amides is 1. The van der Waals surface area contributed by atoms with E-state index in [0.717, 1.165) is 12.7 Å². The predicted octanol–water partition coefficient (Wildman–Crippen LogP) is 1.40. The highest BCUT2D eigenvalue weighted by molar-refractivity contribution is 5.79. The number of carbonyl (C=O) groups excluding carboxylic acids is 2. The van der Waals surface area contributed by atoms with Crippen LogP contribution in [0.5, 0.6) is 5.75 Å². The van der Waals surface area contributed by atoms with Crippen molar-refractivity contribution in [2.45, 2.75) is 12.8 Å². The van der Waals surface area contributed by atoms with Crippen LogP contribution in [0.3, 0.4) is 0 Å². The summed E-state index contributed by atoms with van der Waals surface area (Å²) in [5, 5.41) is 2.78. The van der Waals surface area contributed by atoms with E-state index in [1.165, 1.54) is 0 Å². The molecule has 1 N–H and O–H groups in total. The Hall–Kier alpha value is -1.84. The smallest absolute Gasteiger partial charge is 0.220 e. The molecule has 1 aromatic carbocycles. The van der Waals surface area contributed by atoms with E-state index in [4.69, 9.17) is 4.74 Å². The highest BCUT2D eigenvalue weighted by Crippen LogP contribution is 2.19. The third kappa shape index (κ3) is 3.06. The van der Waals surface area contributed by atoms with Gasteiger partial charge in [0, 0.05) is 18.9 Å². The minimum atomic E-state index is 0.0773. The Kier molecular flexibility index (Phi) is 3.75. The fraction of sp³-hybridized carbons (Fsp3) is 0.385. The highest BCUT2D eigenvalue weighted by Gasteiger charge is 2.19. The maximum absolute atomic E-state index is 11.2. The second kappa shape index (κ2) is 5.48. The molecule has 4 nitrogen and oxygen atoms in total. The van der Waals surface area contributed by atoms with Crippen LogP contribution in [0.4, 0.5) is 0 Å². The molecule has 1 atom stereocenters. The van der Waals surface area contributed by atoms with Gasteiger partial charge in [0.05, 0.1) is 12.2 Å². The summed E-state index contributed by atoms with van der Waals surface area (Å²) >= 11 is 0. The summed E-state index contributed by atoms with van der Waals surface area (Å²) in [6.07, 6.45) is 2.21. The van der Waals surface area contributed by atoms with Gasteiger partial charge in [-0.3, -0.25) is 9.59 Å². The first kappa shape index (κ1) is 11.6. The second-order valence-corrected chi connectivity index (χ2v) is 4.18. The first-order valence-corrected chi connectivity index (χ1v) is 5.73. The fourth-order valence-electron chi connectivity index (χ4n) is 1.91. The van der Waals surface area contributed by atoms with E-state index < -0.39 is 0 Å². The topological polar surface area (TPSA) is 55.4 Å². The normalized spacial score (nSPS) is 19.5. The molecule has 1 aliphatic rings. The third-order valence-electron chi connectivity index (χ3n) is 2.87. The molecule has 1 heterocycles. The van der Waals surface area contributed by atoms with E-state index in [0.29, 0.717) is 30.9 Å². The number of nitrogens with one attached hydrogen (secondary N) is 1. The van der Waals surface area contributed by atoms with Crippen LogP contribution in [0.2, 0.25) is 0 Å². The number of hydrogen-bond acceptors (Lipinski definition) is 3. The summed E-state index contributed by atoms with van der Waals surface area (Å²) in [6.45, 7) is 1.19. The van der Waals surface area contributed by atoms with Crippen LogP contribution < -0.4 is 10.1 Å². The van der Waals surface area contributed by atoms with E-state index in [1.54, 1.807) is 18.2 Å². The van der Waals surface area contributed by atoms with Crippen molar-refractivity contribution in [3.8, 4) is 5.75 Å². The lowest BCUT2D eigenvalue weighted by Crippen LogP contribution is -2.35. The number of carbonyl (C=O) groups is 2. The Morgan fingerprint density at radius 3 is 3.00 bits per heavy atom. The number of para-hydroxylation sites is 1. The predicted molar refractivity (Wildman–Crippen MR) is 63.1 cm³/mol. The van der Waals surface area contributed by atoms with E-state index in [2.05, 4.69) is 5.32 Å². The van der Waals surface area contributed by atoms with Crippen molar-refractivity contribution in [3.63, 3.8) is 0 Å². The van der Waals surface area contributed by atoms with Crippen molar-refractivity contribution in [1.29, 1.82) is 0 Å². The van der Waals surface area contributed by atoms with Crippen molar-refractivity contribution >= 4 is 12.2 Å². The van der Waals surface area contributed by atoms with Crippen molar-refractivity contribution in [2.24, 2.45) is 5.92 Å². The molecule has 1 aromatic rings. The molecule has 17 heavy (non-hydrogen) atoms. The number of benzene rings is 1. The highest BCUT2D eigenvalue weighted by atomic mass is 16.5. The maximum Gasteiger partial charge on any atom is 0.220 e. The third-order valence-corrected chi connectivity index (χ3v) is 2.87. The van der Waals surface area contributed by atoms with Crippen molar-refractivity contribution < 1.29 is 14.3 Å². The quantitative estimate of drug-likeness (QED) is 0.800. The summed E-state index contributed by atoms with van der Waals surface area (Å²) in [6, 6.07) is 7.11. The zero-order chi connectivity index (χ0) is 12.1. The number of rotatable bonds is 4. The average molecular weight is 233 g/mol. The van der Waals surface area contributed by atoms with Gasteiger partial charge >= 0.3 is 0 Å². The Morgan fingerprint density at radius 1 is 1.41 bits per heavy atom. The fourth-order valence-corrected chi connectivity index (χ4v) is 1.91. The van der Waals surface area contributed by atoms with E-state index in [1.807, 2.05) is 6.07 Å². The molecule has 0 spiro atoms. The zero-order valence-electron chi connectivity index (χ0n) is 9.52. The van der Waals surface area contributed by atoms with Crippen LogP contribution in [0, 0.1) is 5.92 Å². The molecule has 1 amide bonds. The first-order chi connectivity index (χ1) is 8.29. The molecule has 90 valence electrons. The van der Waals surface area contributed by atoms with Gasteiger partial charge in [-0.1, -0.05) is 12.1 Å². The molecule has 1 aliphatic heterocycles. The molecule has 0 bridgehead atoms. The minimum Gasteiger partial charge on any atom is -0.493 e. The second-order valence-electron chi connectivity index (χ2n) is 4.18.